The number of rotatable bonds is 6. The molecule has 102 valence electrons. The molecule has 1 aromatic carbocycles. The summed E-state index contributed by atoms with van der Waals surface area (Å²) in [5.41, 5.74) is 1.63. The maximum absolute atomic E-state index is 10.6. The molecule has 2 atom stereocenters. The lowest BCUT2D eigenvalue weighted by Gasteiger charge is -2.09. The van der Waals surface area contributed by atoms with E-state index in [2.05, 4.69) is 14.4 Å². The molecular weight excluding hydrogens is 312 g/mol. The third-order valence-electron chi connectivity index (χ3n) is 1.91. The summed E-state index contributed by atoms with van der Waals surface area (Å²) in [4.78, 5) is 17.1. The second-order valence-corrected chi connectivity index (χ2v) is 5.19. The van der Waals surface area contributed by atoms with E-state index >= 15 is 0 Å². The van der Waals surface area contributed by atoms with E-state index in [4.69, 9.17) is 22.0 Å². The van der Waals surface area contributed by atoms with Crippen molar-refractivity contribution in [3.05, 3.63) is 29.8 Å². The van der Waals surface area contributed by atoms with Crippen molar-refractivity contribution in [2.75, 3.05) is 5.32 Å². The number of nitrogens with one attached hydrogen (secondary N) is 1. The molecule has 1 rings (SSSR count). The predicted octanol–water partition coefficient (Wildman–Crippen LogP) is 2.39. The fourth-order valence-electron chi connectivity index (χ4n) is 1.12. The minimum absolute atomic E-state index is 0.140. The quantitative estimate of drug-likeness (QED) is 0.416. The Morgan fingerprint density at radius 2 is 1.68 bits per heavy atom. The summed E-state index contributed by atoms with van der Waals surface area (Å²) >= 11 is 4.89. The Labute approximate surface area is 116 Å². The number of thiocarbonyl (C=S) groups is 1. The molecule has 19 heavy (non-hydrogen) atoms. The standard InChI is InChI=1S/C9H9NO6P2S/c1-6-2-4-7(5-3-6)10-8(19)9(15-17(11)12)16-18(13)14/h2-5,9H,1H3,(H-2,10,11,12,13,14,19)/p+2. The van der Waals surface area contributed by atoms with Crippen LogP contribution >= 0.6 is 28.7 Å². The maximum atomic E-state index is 10.6. The van der Waals surface area contributed by atoms with Crippen LogP contribution in [0.2, 0.25) is 0 Å². The van der Waals surface area contributed by atoms with Crippen LogP contribution in [0.1, 0.15) is 5.56 Å². The smallest absolute Gasteiger partial charge is 0.345 e. The average Bonchev–Trinajstić information content (AvgIpc) is 2.30. The van der Waals surface area contributed by atoms with Crippen LogP contribution < -0.4 is 5.32 Å². The van der Waals surface area contributed by atoms with Gasteiger partial charge in [0.2, 0.25) is 0 Å². The van der Waals surface area contributed by atoms with E-state index in [1.807, 2.05) is 19.1 Å². The second kappa shape index (κ2) is 7.67. The van der Waals surface area contributed by atoms with Gasteiger partial charge in [-0.05, 0) is 19.1 Å². The van der Waals surface area contributed by atoms with Crippen LogP contribution in [0.15, 0.2) is 24.3 Å². The summed E-state index contributed by atoms with van der Waals surface area (Å²) in [6, 6.07) is 7.08. The zero-order chi connectivity index (χ0) is 14.4. The number of benzene rings is 1. The van der Waals surface area contributed by atoms with Crippen LogP contribution in [-0.4, -0.2) is 21.1 Å². The average molecular weight is 323 g/mol. The Morgan fingerprint density at radius 1 is 1.21 bits per heavy atom. The molecular formula is C9H11NO6P2S+2. The highest BCUT2D eigenvalue weighted by molar-refractivity contribution is 7.80. The van der Waals surface area contributed by atoms with Gasteiger partial charge in [-0.15, -0.1) is 9.79 Å². The Morgan fingerprint density at radius 3 is 2.11 bits per heavy atom. The van der Waals surface area contributed by atoms with Gasteiger partial charge in [-0.1, -0.05) is 39.0 Å². The highest BCUT2D eigenvalue weighted by atomic mass is 32.1. The Kier molecular flexibility index (Phi) is 6.54. The van der Waals surface area contributed by atoms with Gasteiger partial charge in [0.25, 0.3) is 0 Å². The van der Waals surface area contributed by atoms with Crippen LogP contribution in [0.3, 0.4) is 0 Å². The summed E-state index contributed by atoms with van der Waals surface area (Å²) in [5.74, 6) is 0. The molecule has 10 heteroatoms. The predicted molar refractivity (Wildman–Crippen MR) is 73.0 cm³/mol. The summed E-state index contributed by atoms with van der Waals surface area (Å²) < 4.78 is 30.0. The van der Waals surface area contributed by atoms with Gasteiger partial charge in [0.05, 0.1) is 0 Å². The molecule has 0 radical (unpaired) electrons. The molecule has 0 bridgehead atoms. The van der Waals surface area contributed by atoms with Crippen molar-refractivity contribution in [2.45, 2.75) is 13.2 Å². The molecule has 0 saturated carbocycles. The number of anilines is 1. The van der Waals surface area contributed by atoms with Gasteiger partial charge in [-0.25, -0.2) is 0 Å². The van der Waals surface area contributed by atoms with Crippen LogP contribution in [-0.2, 0) is 18.2 Å². The van der Waals surface area contributed by atoms with Gasteiger partial charge >= 0.3 is 22.8 Å². The first-order valence-corrected chi connectivity index (χ1v) is 7.58. The van der Waals surface area contributed by atoms with Crippen molar-refractivity contribution in [3.8, 4) is 0 Å². The Bertz CT molecular complexity index is 478. The fraction of sp³-hybridized carbons (Fsp3) is 0.222. The SMILES string of the molecule is Cc1ccc(NC(=S)C(O[P+](=O)O)O[P+](=O)O)cc1. The largest absolute Gasteiger partial charge is 0.698 e. The van der Waals surface area contributed by atoms with Crippen molar-refractivity contribution >= 4 is 39.4 Å². The van der Waals surface area contributed by atoms with Crippen molar-refractivity contribution in [1.29, 1.82) is 0 Å². The number of aryl methyl sites for hydroxylation is 1. The van der Waals surface area contributed by atoms with Gasteiger partial charge in [0.15, 0.2) is 0 Å². The van der Waals surface area contributed by atoms with Crippen LogP contribution in [0.4, 0.5) is 5.69 Å². The molecule has 0 aliphatic heterocycles. The topological polar surface area (TPSA) is 105 Å². The molecule has 1 aromatic rings. The van der Waals surface area contributed by atoms with E-state index in [9.17, 15) is 9.13 Å². The zero-order valence-corrected chi connectivity index (χ0v) is 12.3. The first-order valence-electron chi connectivity index (χ1n) is 4.92. The molecule has 0 fully saturated rings. The molecule has 0 amide bonds. The van der Waals surface area contributed by atoms with Crippen molar-refractivity contribution < 1.29 is 28.0 Å². The van der Waals surface area contributed by atoms with Gasteiger partial charge in [-0.3, -0.25) is 0 Å². The minimum Gasteiger partial charge on any atom is -0.345 e. The molecule has 0 saturated heterocycles. The highest BCUT2D eigenvalue weighted by Gasteiger charge is 2.36. The van der Waals surface area contributed by atoms with E-state index in [0.29, 0.717) is 5.69 Å². The minimum atomic E-state index is -3.02. The van der Waals surface area contributed by atoms with E-state index in [1.165, 1.54) is 0 Å². The van der Waals surface area contributed by atoms with Gasteiger partial charge < -0.3 is 5.32 Å². The third kappa shape index (κ3) is 6.22. The van der Waals surface area contributed by atoms with Crippen LogP contribution in [0, 0.1) is 6.92 Å². The van der Waals surface area contributed by atoms with Crippen LogP contribution in [0.25, 0.3) is 0 Å². The number of hydrogen-bond donors (Lipinski definition) is 3. The molecule has 0 heterocycles. The Balaban J connectivity index is 2.73. The summed E-state index contributed by atoms with van der Waals surface area (Å²) in [7, 11) is -6.05. The second-order valence-electron chi connectivity index (χ2n) is 3.37. The van der Waals surface area contributed by atoms with E-state index in [1.54, 1.807) is 12.1 Å². The molecule has 0 aromatic heterocycles. The molecule has 7 nitrogen and oxygen atoms in total. The van der Waals surface area contributed by atoms with Gasteiger partial charge in [-0.2, -0.15) is 0 Å². The lowest BCUT2D eigenvalue weighted by atomic mass is 10.2. The van der Waals surface area contributed by atoms with E-state index in [0.717, 1.165) is 5.56 Å². The lowest BCUT2D eigenvalue weighted by molar-refractivity contribution is 0.0604. The monoisotopic (exact) mass is 323 g/mol. The molecule has 0 aliphatic carbocycles. The zero-order valence-electron chi connectivity index (χ0n) is 9.72. The highest BCUT2D eigenvalue weighted by Crippen LogP contribution is 2.27. The molecule has 3 N–H and O–H groups in total. The maximum Gasteiger partial charge on any atom is 0.698 e. The summed E-state index contributed by atoms with van der Waals surface area (Å²) in [6.45, 7) is 1.91. The number of hydrogen-bond acceptors (Lipinski definition) is 5. The summed E-state index contributed by atoms with van der Waals surface area (Å²) in [6.07, 6.45) is -1.58. The van der Waals surface area contributed by atoms with Crippen molar-refractivity contribution in [2.24, 2.45) is 0 Å². The first-order chi connectivity index (χ1) is 8.88. The normalized spacial score (nSPS) is 13.6. The van der Waals surface area contributed by atoms with Crippen molar-refractivity contribution in [3.63, 3.8) is 0 Å². The van der Waals surface area contributed by atoms with E-state index in [-0.39, 0.29) is 4.99 Å². The molecule has 2 unspecified atom stereocenters. The molecule has 0 spiro atoms. The van der Waals surface area contributed by atoms with Crippen molar-refractivity contribution in [1.82, 2.24) is 0 Å². The first kappa shape index (κ1) is 16.2. The van der Waals surface area contributed by atoms with E-state index < -0.39 is 22.8 Å². The Hall–Kier alpha value is -0.850. The lowest BCUT2D eigenvalue weighted by Crippen LogP contribution is -2.28. The third-order valence-corrected chi connectivity index (χ3v) is 2.94. The molecule has 0 aliphatic rings. The summed E-state index contributed by atoms with van der Waals surface area (Å²) in [5, 5.41) is 2.68. The van der Waals surface area contributed by atoms with Gasteiger partial charge in [0.1, 0.15) is 4.99 Å². The van der Waals surface area contributed by atoms with Gasteiger partial charge in [0, 0.05) is 14.8 Å². The van der Waals surface area contributed by atoms with Crippen LogP contribution in [0.5, 0.6) is 0 Å². The fourth-order valence-corrected chi connectivity index (χ4v) is 2.17.